The van der Waals surface area contributed by atoms with Gasteiger partial charge in [-0.05, 0) is 25.3 Å². The number of nitrogens with one attached hydrogen (secondary N) is 1. The summed E-state index contributed by atoms with van der Waals surface area (Å²) >= 11 is 1.84. The molecule has 0 aliphatic carbocycles. The van der Waals surface area contributed by atoms with Gasteiger partial charge < -0.3 is 5.32 Å². The molecule has 0 bridgehead atoms. The highest BCUT2D eigenvalue weighted by Gasteiger charge is 1.99. The van der Waals surface area contributed by atoms with Crippen molar-refractivity contribution in [3.63, 3.8) is 0 Å². The quantitative estimate of drug-likeness (QED) is 0.800. The predicted octanol–water partition coefficient (Wildman–Crippen LogP) is 1.95. The third-order valence-corrected chi connectivity index (χ3v) is 2.74. The van der Waals surface area contributed by atoms with E-state index in [1.165, 1.54) is 0 Å². The Balaban J connectivity index is 2.41. The predicted molar refractivity (Wildman–Crippen MR) is 58.2 cm³/mol. The molecular weight excluding hydrogens is 182 g/mol. The molecule has 0 aromatic carbocycles. The minimum atomic E-state index is 0.600. The number of aromatic nitrogens is 2. The molecule has 13 heavy (non-hydrogen) atoms. The standard InChI is InChI=1S/C9H15N3S/c1-7-4-5-9(12-11-7)10-6-8(2)13-3/h4-5,8H,6H2,1-3H3,(H,10,12). The number of hydrogen-bond acceptors (Lipinski definition) is 4. The molecule has 0 radical (unpaired) electrons. The summed E-state index contributed by atoms with van der Waals surface area (Å²) < 4.78 is 0. The minimum Gasteiger partial charge on any atom is -0.367 e. The summed E-state index contributed by atoms with van der Waals surface area (Å²) in [4.78, 5) is 0. The van der Waals surface area contributed by atoms with E-state index in [0.717, 1.165) is 18.1 Å². The number of nitrogens with zero attached hydrogens (tertiary/aromatic N) is 2. The first kappa shape index (κ1) is 10.3. The average Bonchev–Trinajstić information content (AvgIpc) is 2.16. The number of aryl methyl sites for hydroxylation is 1. The van der Waals surface area contributed by atoms with E-state index in [-0.39, 0.29) is 0 Å². The second kappa shape index (κ2) is 5.07. The zero-order chi connectivity index (χ0) is 9.68. The van der Waals surface area contributed by atoms with Gasteiger partial charge in [0.15, 0.2) is 0 Å². The number of hydrogen-bond donors (Lipinski definition) is 1. The van der Waals surface area contributed by atoms with Crippen LogP contribution in [0.5, 0.6) is 0 Å². The van der Waals surface area contributed by atoms with Crippen LogP contribution in [-0.2, 0) is 0 Å². The molecule has 0 aliphatic rings. The zero-order valence-electron chi connectivity index (χ0n) is 8.24. The van der Waals surface area contributed by atoms with Gasteiger partial charge in [-0.15, -0.1) is 5.10 Å². The number of anilines is 1. The maximum absolute atomic E-state index is 4.01. The minimum absolute atomic E-state index is 0.600. The summed E-state index contributed by atoms with van der Waals surface area (Å²) in [6.45, 7) is 5.04. The Morgan fingerprint density at radius 1 is 1.46 bits per heavy atom. The molecule has 1 heterocycles. The SMILES string of the molecule is CSC(C)CNc1ccc(C)nn1. The highest BCUT2D eigenvalue weighted by atomic mass is 32.2. The molecular formula is C9H15N3S. The van der Waals surface area contributed by atoms with Crippen LogP contribution in [0.25, 0.3) is 0 Å². The highest BCUT2D eigenvalue weighted by molar-refractivity contribution is 7.99. The Bertz CT molecular complexity index is 248. The van der Waals surface area contributed by atoms with Gasteiger partial charge in [0, 0.05) is 11.8 Å². The zero-order valence-corrected chi connectivity index (χ0v) is 9.06. The van der Waals surface area contributed by atoms with Gasteiger partial charge in [-0.1, -0.05) is 6.92 Å². The molecule has 1 rings (SSSR count). The molecule has 72 valence electrons. The molecule has 0 aliphatic heterocycles. The highest BCUT2D eigenvalue weighted by Crippen LogP contribution is 2.07. The maximum atomic E-state index is 4.01. The molecule has 1 aromatic rings. The molecule has 1 N–H and O–H groups in total. The first-order valence-corrected chi connectivity index (χ1v) is 5.58. The topological polar surface area (TPSA) is 37.8 Å². The summed E-state index contributed by atoms with van der Waals surface area (Å²) in [5.41, 5.74) is 0.948. The van der Waals surface area contributed by atoms with E-state index in [4.69, 9.17) is 0 Å². The van der Waals surface area contributed by atoms with Gasteiger partial charge in [0.25, 0.3) is 0 Å². The Labute approximate surface area is 83.3 Å². The van der Waals surface area contributed by atoms with Crippen LogP contribution in [-0.4, -0.2) is 28.2 Å². The molecule has 0 spiro atoms. The van der Waals surface area contributed by atoms with Crippen molar-refractivity contribution in [3.05, 3.63) is 17.8 Å². The average molecular weight is 197 g/mol. The van der Waals surface area contributed by atoms with Crippen LogP contribution in [0.4, 0.5) is 5.82 Å². The van der Waals surface area contributed by atoms with E-state index in [1.54, 1.807) is 0 Å². The molecule has 4 heteroatoms. The molecule has 1 unspecified atom stereocenters. The molecule has 1 atom stereocenters. The second-order valence-corrected chi connectivity index (χ2v) is 4.26. The van der Waals surface area contributed by atoms with Crippen LogP contribution in [0.3, 0.4) is 0 Å². The Morgan fingerprint density at radius 2 is 2.23 bits per heavy atom. The molecule has 0 fully saturated rings. The molecule has 3 nitrogen and oxygen atoms in total. The van der Waals surface area contributed by atoms with Gasteiger partial charge in [-0.2, -0.15) is 16.9 Å². The monoisotopic (exact) mass is 197 g/mol. The largest absolute Gasteiger partial charge is 0.367 e. The van der Waals surface area contributed by atoms with Crippen molar-refractivity contribution in [2.45, 2.75) is 19.1 Å². The van der Waals surface area contributed by atoms with E-state index >= 15 is 0 Å². The first-order valence-electron chi connectivity index (χ1n) is 4.29. The van der Waals surface area contributed by atoms with E-state index in [9.17, 15) is 0 Å². The van der Waals surface area contributed by atoms with E-state index in [0.29, 0.717) is 5.25 Å². The van der Waals surface area contributed by atoms with Crippen molar-refractivity contribution < 1.29 is 0 Å². The van der Waals surface area contributed by atoms with Gasteiger partial charge in [-0.25, -0.2) is 0 Å². The van der Waals surface area contributed by atoms with Crippen LogP contribution in [0.1, 0.15) is 12.6 Å². The van der Waals surface area contributed by atoms with E-state index < -0.39 is 0 Å². The normalized spacial score (nSPS) is 12.5. The molecule has 1 aromatic heterocycles. The van der Waals surface area contributed by atoms with Gasteiger partial charge in [0.05, 0.1) is 5.69 Å². The third kappa shape index (κ3) is 3.63. The fourth-order valence-corrected chi connectivity index (χ4v) is 1.07. The number of rotatable bonds is 4. The van der Waals surface area contributed by atoms with Crippen molar-refractivity contribution >= 4 is 17.6 Å². The van der Waals surface area contributed by atoms with Gasteiger partial charge in [-0.3, -0.25) is 0 Å². The van der Waals surface area contributed by atoms with Crippen molar-refractivity contribution in [2.24, 2.45) is 0 Å². The molecule has 0 amide bonds. The first-order chi connectivity index (χ1) is 6.22. The lowest BCUT2D eigenvalue weighted by molar-refractivity contribution is 0.940. The fraction of sp³-hybridized carbons (Fsp3) is 0.556. The van der Waals surface area contributed by atoms with Crippen LogP contribution in [0, 0.1) is 6.92 Å². The van der Waals surface area contributed by atoms with Gasteiger partial charge in [0.1, 0.15) is 5.82 Å². The van der Waals surface area contributed by atoms with Gasteiger partial charge in [0.2, 0.25) is 0 Å². The Hall–Kier alpha value is -0.770. The summed E-state index contributed by atoms with van der Waals surface area (Å²) in [6.07, 6.45) is 2.10. The van der Waals surface area contributed by atoms with Crippen molar-refractivity contribution in [1.82, 2.24) is 10.2 Å². The van der Waals surface area contributed by atoms with Crippen molar-refractivity contribution in [1.29, 1.82) is 0 Å². The lowest BCUT2D eigenvalue weighted by Gasteiger charge is -2.09. The third-order valence-electron chi connectivity index (χ3n) is 1.77. The number of thioether (sulfide) groups is 1. The van der Waals surface area contributed by atoms with Crippen LogP contribution in [0.2, 0.25) is 0 Å². The van der Waals surface area contributed by atoms with Crippen LogP contribution >= 0.6 is 11.8 Å². The lowest BCUT2D eigenvalue weighted by atomic mass is 10.4. The smallest absolute Gasteiger partial charge is 0.148 e. The Morgan fingerprint density at radius 3 is 2.77 bits per heavy atom. The van der Waals surface area contributed by atoms with E-state index in [1.807, 2.05) is 30.8 Å². The fourth-order valence-electron chi connectivity index (χ4n) is 0.825. The second-order valence-electron chi connectivity index (χ2n) is 2.99. The van der Waals surface area contributed by atoms with Crippen LogP contribution in [0.15, 0.2) is 12.1 Å². The van der Waals surface area contributed by atoms with Crippen molar-refractivity contribution in [2.75, 3.05) is 18.1 Å². The molecule has 0 saturated heterocycles. The van der Waals surface area contributed by atoms with E-state index in [2.05, 4.69) is 28.7 Å². The summed E-state index contributed by atoms with van der Waals surface area (Å²) in [5.74, 6) is 0.853. The van der Waals surface area contributed by atoms with Crippen LogP contribution < -0.4 is 5.32 Å². The van der Waals surface area contributed by atoms with Gasteiger partial charge >= 0.3 is 0 Å². The summed E-state index contributed by atoms with van der Waals surface area (Å²) in [5, 5.41) is 11.8. The van der Waals surface area contributed by atoms with Crippen molar-refractivity contribution in [3.8, 4) is 0 Å². The lowest BCUT2D eigenvalue weighted by Crippen LogP contribution is -2.13. The maximum Gasteiger partial charge on any atom is 0.148 e. The summed E-state index contributed by atoms with van der Waals surface area (Å²) in [7, 11) is 0. The Kier molecular flexibility index (Phi) is 4.02. The molecule has 0 saturated carbocycles. The summed E-state index contributed by atoms with van der Waals surface area (Å²) in [6, 6.07) is 3.91.